The lowest BCUT2D eigenvalue weighted by Gasteiger charge is -2.14. The first-order valence-electron chi connectivity index (χ1n) is 8.55. The molecular formula is C21H25NO3. The highest BCUT2D eigenvalue weighted by Gasteiger charge is 2.19. The molecule has 2 aromatic carbocycles. The first-order valence-corrected chi connectivity index (χ1v) is 8.55. The molecule has 0 saturated heterocycles. The van der Waals surface area contributed by atoms with Gasteiger partial charge in [0.25, 0.3) is 0 Å². The van der Waals surface area contributed by atoms with Crippen molar-refractivity contribution in [3.05, 3.63) is 70.8 Å². The highest BCUT2D eigenvalue weighted by molar-refractivity contribution is 5.77. The van der Waals surface area contributed by atoms with Crippen molar-refractivity contribution in [3.63, 3.8) is 0 Å². The first kappa shape index (κ1) is 18.7. The Morgan fingerprint density at radius 2 is 1.80 bits per heavy atom. The summed E-state index contributed by atoms with van der Waals surface area (Å²) in [5.74, 6) is -1.62. The lowest BCUT2D eigenvalue weighted by atomic mass is 9.99. The van der Waals surface area contributed by atoms with Crippen LogP contribution in [0.4, 0.5) is 0 Å². The van der Waals surface area contributed by atoms with Gasteiger partial charge in [0.1, 0.15) is 0 Å². The van der Waals surface area contributed by atoms with Crippen LogP contribution >= 0.6 is 0 Å². The van der Waals surface area contributed by atoms with Gasteiger partial charge in [-0.2, -0.15) is 0 Å². The van der Waals surface area contributed by atoms with Gasteiger partial charge < -0.3 is 10.4 Å². The summed E-state index contributed by atoms with van der Waals surface area (Å²) in [7, 11) is 0. The Morgan fingerprint density at radius 1 is 1.08 bits per heavy atom. The third-order valence-corrected chi connectivity index (χ3v) is 4.34. The molecule has 132 valence electrons. The zero-order valence-electron chi connectivity index (χ0n) is 14.8. The number of carboxylic acid groups (broad SMARTS) is 1. The molecule has 1 atom stereocenters. The number of carbonyl (C=O) groups excluding carboxylic acids is 1. The number of hydrogen-bond donors (Lipinski definition) is 2. The molecule has 0 saturated carbocycles. The van der Waals surface area contributed by atoms with E-state index in [4.69, 9.17) is 0 Å². The molecule has 0 aliphatic carbocycles. The van der Waals surface area contributed by atoms with Crippen molar-refractivity contribution in [2.75, 3.05) is 6.54 Å². The van der Waals surface area contributed by atoms with Crippen molar-refractivity contribution in [1.82, 2.24) is 5.32 Å². The smallest absolute Gasteiger partial charge is 0.308 e. The highest BCUT2D eigenvalue weighted by atomic mass is 16.4. The average Bonchev–Trinajstić information content (AvgIpc) is 2.58. The van der Waals surface area contributed by atoms with Gasteiger partial charge in [-0.25, -0.2) is 0 Å². The van der Waals surface area contributed by atoms with Gasteiger partial charge in [0.2, 0.25) is 5.91 Å². The summed E-state index contributed by atoms with van der Waals surface area (Å²) in [6.45, 7) is 4.23. The second kappa shape index (κ2) is 9.02. The van der Waals surface area contributed by atoms with Gasteiger partial charge in [-0.05, 0) is 43.4 Å². The SMILES string of the molecule is Cc1ccc(CCC(=O)NCC(Cc2ccccc2)C(=O)O)c(C)c1. The van der Waals surface area contributed by atoms with E-state index < -0.39 is 11.9 Å². The van der Waals surface area contributed by atoms with Crippen LogP contribution in [0.15, 0.2) is 48.5 Å². The predicted octanol–water partition coefficient (Wildman–Crippen LogP) is 3.30. The van der Waals surface area contributed by atoms with Crippen molar-refractivity contribution in [1.29, 1.82) is 0 Å². The third-order valence-electron chi connectivity index (χ3n) is 4.34. The summed E-state index contributed by atoms with van der Waals surface area (Å²) >= 11 is 0. The standard InChI is InChI=1S/C21H25NO3/c1-15-8-9-18(16(2)12-15)10-11-20(23)22-14-19(21(24)25)13-17-6-4-3-5-7-17/h3-9,12,19H,10-11,13-14H2,1-2H3,(H,22,23)(H,24,25). The van der Waals surface area contributed by atoms with Crippen LogP contribution in [0.1, 0.15) is 28.7 Å². The number of carbonyl (C=O) groups is 2. The molecule has 2 N–H and O–H groups in total. The van der Waals surface area contributed by atoms with Gasteiger partial charge >= 0.3 is 5.97 Å². The highest BCUT2D eigenvalue weighted by Crippen LogP contribution is 2.13. The topological polar surface area (TPSA) is 66.4 Å². The molecule has 0 bridgehead atoms. The van der Waals surface area contributed by atoms with Crippen LogP contribution in [0.2, 0.25) is 0 Å². The molecule has 0 aliphatic heterocycles. The van der Waals surface area contributed by atoms with Crippen LogP contribution in [-0.4, -0.2) is 23.5 Å². The van der Waals surface area contributed by atoms with Crippen molar-refractivity contribution >= 4 is 11.9 Å². The van der Waals surface area contributed by atoms with Gasteiger partial charge in [0.05, 0.1) is 5.92 Å². The Hall–Kier alpha value is -2.62. The number of carboxylic acids is 1. The molecule has 0 aliphatic rings. The van der Waals surface area contributed by atoms with E-state index in [1.165, 1.54) is 11.1 Å². The summed E-state index contributed by atoms with van der Waals surface area (Å²) in [6.07, 6.45) is 1.43. The largest absolute Gasteiger partial charge is 0.481 e. The molecule has 25 heavy (non-hydrogen) atoms. The van der Waals surface area contributed by atoms with Gasteiger partial charge in [-0.3, -0.25) is 9.59 Å². The van der Waals surface area contributed by atoms with Crippen LogP contribution in [0.3, 0.4) is 0 Å². The molecule has 2 rings (SSSR count). The lowest BCUT2D eigenvalue weighted by Crippen LogP contribution is -2.34. The maximum Gasteiger partial charge on any atom is 0.308 e. The first-order chi connectivity index (χ1) is 12.0. The quantitative estimate of drug-likeness (QED) is 0.775. The second-order valence-corrected chi connectivity index (χ2v) is 6.46. The van der Waals surface area contributed by atoms with Crippen LogP contribution in [0.25, 0.3) is 0 Å². The number of aryl methyl sites for hydroxylation is 3. The van der Waals surface area contributed by atoms with Crippen LogP contribution in [0, 0.1) is 19.8 Å². The van der Waals surface area contributed by atoms with Crippen molar-refractivity contribution in [3.8, 4) is 0 Å². The van der Waals surface area contributed by atoms with E-state index in [2.05, 4.69) is 11.4 Å². The summed E-state index contributed by atoms with van der Waals surface area (Å²) < 4.78 is 0. The average molecular weight is 339 g/mol. The molecule has 0 aromatic heterocycles. The molecule has 4 nitrogen and oxygen atoms in total. The summed E-state index contributed by atoms with van der Waals surface area (Å²) in [6, 6.07) is 15.7. The number of benzene rings is 2. The predicted molar refractivity (Wildman–Crippen MR) is 98.5 cm³/mol. The minimum absolute atomic E-state index is 0.112. The Balaban J connectivity index is 1.83. The third kappa shape index (κ3) is 6.07. The van der Waals surface area contributed by atoms with E-state index in [1.54, 1.807) is 0 Å². The van der Waals surface area contributed by atoms with E-state index in [0.29, 0.717) is 19.3 Å². The summed E-state index contributed by atoms with van der Waals surface area (Å²) in [5.41, 5.74) is 4.50. The lowest BCUT2D eigenvalue weighted by molar-refractivity contribution is -0.141. The minimum Gasteiger partial charge on any atom is -0.481 e. The normalized spacial score (nSPS) is 11.8. The van der Waals surface area contributed by atoms with Gasteiger partial charge in [-0.1, -0.05) is 54.1 Å². The molecule has 2 aromatic rings. The molecule has 0 spiro atoms. The van der Waals surface area contributed by atoms with E-state index >= 15 is 0 Å². The molecular weight excluding hydrogens is 314 g/mol. The number of hydrogen-bond acceptors (Lipinski definition) is 2. The molecule has 0 heterocycles. The monoisotopic (exact) mass is 339 g/mol. The summed E-state index contributed by atoms with van der Waals surface area (Å²) in [4.78, 5) is 23.5. The molecule has 0 radical (unpaired) electrons. The summed E-state index contributed by atoms with van der Waals surface area (Å²) in [5, 5.41) is 12.1. The van der Waals surface area contributed by atoms with E-state index in [0.717, 1.165) is 11.1 Å². The van der Waals surface area contributed by atoms with Gasteiger partial charge in [-0.15, -0.1) is 0 Å². The van der Waals surface area contributed by atoms with Crippen LogP contribution < -0.4 is 5.32 Å². The molecule has 1 amide bonds. The van der Waals surface area contributed by atoms with Crippen molar-refractivity contribution < 1.29 is 14.7 Å². The number of amides is 1. The van der Waals surface area contributed by atoms with Crippen molar-refractivity contribution in [2.45, 2.75) is 33.1 Å². The van der Waals surface area contributed by atoms with E-state index in [9.17, 15) is 14.7 Å². The Labute approximate surface area is 148 Å². The number of aliphatic carboxylic acids is 1. The zero-order valence-corrected chi connectivity index (χ0v) is 14.8. The van der Waals surface area contributed by atoms with E-state index in [1.807, 2.05) is 56.3 Å². The Morgan fingerprint density at radius 3 is 2.44 bits per heavy atom. The molecule has 0 fully saturated rings. The maximum absolute atomic E-state index is 12.1. The fourth-order valence-corrected chi connectivity index (χ4v) is 2.85. The van der Waals surface area contributed by atoms with Gasteiger partial charge in [0, 0.05) is 13.0 Å². The number of rotatable bonds is 8. The maximum atomic E-state index is 12.1. The second-order valence-electron chi connectivity index (χ2n) is 6.46. The minimum atomic E-state index is -0.890. The van der Waals surface area contributed by atoms with Crippen LogP contribution in [0.5, 0.6) is 0 Å². The molecule has 4 heteroatoms. The zero-order chi connectivity index (χ0) is 18.2. The van der Waals surface area contributed by atoms with Crippen molar-refractivity contribution in [2.24, 2.45) is 5.92 Å². The Bertz CT molecular complexity index is 725. The fourth-order valence-electron chi connectivity index (χ4n) is 2.85. The number of nitrogens with one attached hydrogen (secondary N) is 1. The van der Waals surface area contributed by atoms with E-state index in [-0.39, 0.29) is 12.5 Å². The Kier molecular flexibility index (Phi) is 6.75. The van der Waals surface area contributed by atoms with Gasteiger partial charge in [0.15, 0.2) is 0 Å². The molecule has 1 unspecified atom stereocenters. The fraction of sp³-hybridized carbons (Fsp3) is 0.333. The van der Waals surface area contributed by atoms with Crippen LogP contribution in [-0.2, 0) is 22.4 Å².